The fraction of sp³-hybridized carbons (Fsp3) is 0.581. The number of rotatable bonds is 20. The van der Waals surface area contributed by atoms with E-state index in [0.29, 0.717) is 0 Å². The van der Waals surface area contributed by atoms with Crippen LogP contribution in [0.4, 0.5) is 0 Å². The van der Waals surface area contributed by atoms with Crippen molar-refractivity contribution >= 4 is 11.4 Å². The van der Waals surface area contributed by atoms with Crippen LogP contribution in [0.25, 0.3) is 16.9 Å². The van der Waals surface area contributed by atoms with Gasteiger partial charge in [-0.3, -0.25) is 0 Å². The third-order valence-corrected chi connectivity index (χ3v) is 8.37. The van der Waals surface area contributed by atoms with Gasteiger partial charge in [-0.25, -0.2) is 4.70 Å². The molecule has 0 atom stereocenters. The van der Waals surface area contributed by atoms with Crippen molar-refractivity contribution in [1.82, 2.24) is 0 Å². The van der Waals surface area contributed by atoms with Crippen molar-refractivity contribution in [1.29, 1.82) is 0 Å². The number of unbranched alkanes of at least 4 members (excludes halogenated alkanes) is 12. The molecule has 0 aliphatic carbocycles. The molecule has 0 N–H and O–H groups in total. The van der Waals surface area contributed by atoms with E-state index in [0.717, 1.165) is 61.0 Å². The van der Waals surface area contributed by atoms with Crippen LogP contribution in [0.1, 0.15) is 172 Å². The van der Waals surface area contributed by atoms with E-state index in [1.807, 2.05) is 0 Å². The molecule has 0 unspecified atom stereocenters. The average molecular weight is 672 g/mol. The van der Waals surface area contributed by atoms with Gasteiger partial charge in [0.05, 0.1) is 0 Å². The van der Waals surface area contributed by atoms with E-state index < -0.39 is 0 Å². The van der Waals surface area contributed by atoms with Gasteiger partial charge in [-0.15, -0.1) is 0 Å². The fourth-order valence-corrected chi connectivity index (χ4v) is 5.59. The molecule has 0 saturated carbocycles. The summed E-state index contributed by atoms with van der Waals surface area (Å²) in [4.78, 5) is 0. The number of hydrogen-bond donors (Lipinski definition) is 0. The summed E-state index contributed by atoms with van der Waals surface area (Å²) < 4.78 is 1.47. The molecule has 46 heavy (non-hydrogen) atoms. The number of nitrogens with zero attached hydrogens (tertiary/aromatic N) is 2. The van der Waals surface area contributed by atoms with Crippen LogP contribution < -0.4 is 0 Å². The van der Waals surface area contributed by atoms with E-state index in [2.05, 4.69) is 103 Å². The summed E-state index contributed by atoms with van der Waals surface area (Å²) in [7, 11) is 0. The van der Waals surface area contributed by atoms with Gasteiger partial charge in [0, 0.05) is 22.8 Å². The van der Waals surface area contributed by atoms with Crippen LogP contribution in [0.5, 0.6) is 0 Å². The van der Waals surface area contributed by atoms with Crippen LogP contribution in [0.2, 0.25) is 0 Å². The van der Waals surface area contributed by atoms with Gasteiger partial charge in [0.1, 0.15) is 0 Å². The van der Waals surface area contributed by atoms with Crippen LogP contribution in [0, 0.1) is 13.8 Å². The Balaban J connectivity index is 0.00000160. The van der Waals surface area contributed by atoms with Gasteiger partial charge < -0.3 is 19.4 Å². The van der Waals surface area contributed by atoms with Gasteiger partial charge in [0.2, 0.25) is 11.4 Å². The van der Waals surface area contributed by atoms with Crippen molar-refractivity contribution in [3.05, 3.63) is 102 Å². The molecule has 0 spiro atoms. The number of allylic oxidation sites excluding steroid dienone is 2. The molecule has 1 aliphatic heterocycles. The van der Waals surface area contributed by atoms with Crippen molar-refractivity contribution in [2.75, 3.05) is 0 Å². The molecule has 0 bridgehead atoms. The van der Waals surface area contributed by atoms with Crippen molar-refractivity contribution in [3.8, 4) is 0 Å². The summed E-state index contributed by atoms with van der Waals surface area (Å²) in [5.74, 6) is 0. The molecule has 260 valence electrons. The monoisotopic (exact) mass is 670 g/mol. The molecule has 0 aromatic heterocycles. The van der Waals surface area contributed by atoms with Crippen LogP contribution in [0.15, 0.2) is 60.2 Å². The first-order valence-electron chi connectivity index (χ1n) is 18.7. The first-order chi connectivity index (χ1) is 22.0. The first-order valence-corrected chi connectivity index (χ1v) is 18.7. The summed E-state index contributed by atoms with van der Waals surface area (Å²) in [6.07, 6.45) is 26.5. The smallest absolute Gasteiger partial charge is 0.493 e. The van der Waals surface area contributed by atoms with Gasteiger partial charge in [-0.05, 0) is 73.9 Å². The second kappa shape index (κ2) is 29.2. The zero-order chi connectivity index (χ0) is 33.1. The summed E-state index contributed by atoms with van der Waals surface area (Å²) in [5, 5.41) is 0. The normalized spacial score (nSPS) is 12.2. The molecule has 2 aromatic rings. The molecular weight excluding hydrogens is 603 g/mol. The number of benzene rings is 2. The van der Waals surface area contributed by atoms with E-state index in [1.165, 1.54) is 111 Å². The maximum atomic E-state index is 11.5. The Hall–Kier alpha value is -1.99. The Morgan fingerprint density at radius 1 is 0.543 bits per heavy atom. The summed E-state index contributed by atoms with van der Waals surface area (Å²) in [6, 6.07) is 17.6. The Morgan fingerprint density at radius 2 is 0.978 bits per heavy atom. The minimum atomic E-state index is 0. The Labute approximate surface area is 296 Å². The van der Waals surface area contributed by atoms with Crippen molar-refractivity contribution in [2.24, 2.45) is 0 Å². The van der Waals surface area contributed by atoms with Crippen LogP contribution in [0.3, 0.4) is 0 Å². The Bertz CT molecular complexity index is 1100. The largest absolute Gasteiger partial charge is 2.00 e. The molecule has 0 saturated heterocycles. The Kier molecular flexibility index (Phi) is 27.9. The predicted molar refractivity (Wildman–Crippen MR) is 201 cm³/mol. The maximum absolute atomic E-state index is 11.5. The topological polar surface area (TPSA) is 25.3 Å². The minimum absolute atomic E-state index is 0. The third kappa shape index (κ3) is 17.8. The molecule has 3 rings (SSSR count). The SMILES string of the molecule is CCCCCCc1cccc(C2=CC(CCCCC)=C(c3cccc(CCCCCC)c3)[N+]2=[N-])c1.[CH2-]CCCC.[CH2-]CCCC.[Ni+2]. The first kappa shape index (κ1) is 44.0. The molecular formula is C43H68N2Ni. The Morgan fingerprint density at radius 3 is 1.43 bits per heavy atom. The van der Waals surface area contributed by atoms with E-state index in [4.69, 9.17) is 0 Å². The standard InChI is InChI=1S/C33H46N2.2C5H11.Ni/c1-4-7-10-13-17-27-19-15-22-29(24-27)32-26-31(21-12-9-6-3)33(35(32)34)30-23-16-20-28(25-30)18-14-11-8-5-2;2*1-3-5-4-2;/h15-16,19-20,22-26H,4-14,17-18,21H2,1-3H3;2*1,3-5H2,2H3;/q;2*-1;+2. The van der Waals surface area contributed by atoms with Crippen molar-refractivity contribution in [3.63, 3.8) is 0 Å². The summed E-state index contributed by atoms with van der Waals surface area (Å²) in [5.41, 5.74) is 19.6. The van der Waals surface area contributed by atoms with E-state index in [9.17, 15) is 5.53 Å². The maximum Gasteiger partial charge on any atom is 2.00 e. The van der Waals surface area contributed by atoms with E-state index in [-0.39, 0.29) is 16.5 Å². The van der Waals surface area contributed by atoms with Crippen molar-refractivity contribution < 1.29 is 21.2 Å². The molecule has 0 amide bonds. The summed E-state index contributed by atoms with van der Waals surface area (Å²) >= 11 is 0. The van der Waals surface area contributed by atoms with Gasteiger partial charge in [0.15, 0.2) is 0 Å². The third-order valence-electron chi connectivity index (χ3n) is 8.37. The quantitative estimate of drug-likeness (QED) is 0.0579. The fourth-order valence-electron chi connectivity index (χ4n) is 5.59. The van der Waals surface area contributed by atoms with Gasteiger partial charge in [0.25, 0.3) is 0 Å². The molecule has 2 aromatic carbocycles. The molecule has 0 radical (unpaired) electrons. The molecule has 1 aliphatic rings. The van der Waals surface area contributed by atoms with Gasteiger partial charge >= 0.3 is 16.5 Å². The summed E-state index contributed by atoms with van der Waals surface area (Å²) in [6.45, 7) is 18.5. The van der Waals surface area contributed by atoms with Crippen LogP contribution in [-0.2, 0) is 29.3 Å². The number of aryl methyl sites for hydroxylation is 2. The van der Waals surface area contributed by atoms with E-state index in [1.54, 1.807) is 0 Å². The second-order valence-corrected chi connectivity index (χ2v) is 12.6. The molecule has 3 heteroatoms. The van der Waals surface area contributed by atoms with E-state index >= 15 is 0 Å². The molecule has 2 nitrogen and oxygen atoms in total. The predicted octanol–water partition coefficient (Wildman–Crippen LogP) is 14.3. The number of hydrogen-bond acceptors (Lipinski definition) is 0. The van der Waals surface area contributed by atoms with Crippen LogP contribution in [-0.4, -0.2) is 4.70 Å². The van der Waals surface area contributed by atoms with Gasteiger partial charge in [-0.2, -0.15) is 12.8 Å². The minimum Gasteiger partial charge on any atom is -0.493 e. The zero-order valence-corrected chi connectivity index (χ0v) is 31.5. The average Bonchev–Trinajstić information content (AvgIpc) is 3.39. The molecule has 0 fully saturated rings. The second-order valence-electron chi connectivity index (χ2n) is 12.6. The zero-order valence-electron chi connectivity index (χ0n) is 30.5. The van der Waals surface area contributed by atoms with Crippen molar-refractivity contribution in [2.45, 2.75) is 163 Å². The van der Waals surface area contributed by atoms with Gasteiger partial charge in [-0.1, -0.05) is 136 Å². The van der Waals surface area contributed by atoms with Crippen LogP contribution >= 0.6 is 0 Å². The molecule has 1 heterocycles.